The summed E-state index contributed by atoms with van der Waals surface area (Å²) in [6, 6.07) is 1.17. The Balaban J connectivity index is 2.66. The van der Waals surface area contributed by atoms with Crippen molar-refractivity contribution in [1.82, 2.24) is 0 Å². The Hall–Kier alpha value is -1.25. The molecule has 1 atom stereocenters. The van der Waals surface area contributed by atoms with Gasteiger partial charge in [0.1, 0.15) is 11.6 Å². The van der Waals surface area contributed by atoms with Crippen LogP contribution in [-0.4, -0.2) is 5.78 Å². The Morgan fingerprint density at radius 1 is 1.40 bits per heavy atom. The molecule has 0 amide bonds. The van der Waals surface area contributed by atoms with Crippen molar-refractivity contribution in [1.29, 1.82) is 0 Å². The van der Waals surface area contributed by atoms with Crippen LogP contribution in [-0.2, 0) is 6.42 Å². The fourth-order valence-corrected chi connectivity index (χ4v) is 1.99. The van der Waals surface area contributed by atoms with Gasteiger partial charge in [0.25, 0.3) is 0 Å². The van der Waals surface area contributed by atoms with E-state index in [1.54, 1.807) is 6.92 Å². The molecule has 80 valence electrons. The van der Waals surface area contributed by atoms with E-state index >= 15 is 0 Å². The van der Waals surface area contributed by atoms with Crippen LogP contribution in [0.15, 0.2) is 6.07 Å². The van der Waals surface area contributed by atoms with Crippen LogP contribution < -0.4 is 0 Å². The van der Waals surface area contributed by atoms with Gasteiger partial charge in [-0.2, -0.15) is 0 Å². The zero-order valence-corrected chi connectivity index (χ0v) is 8.73. The summed E-state index contributed by atoms with van der Waals surface area (Å²) in [6.45, 7) is 3.19. The second-order valence-corrected chi connectivity index (χ2v) is 4.13. The predicted molar refractivity (Wildman–Crippen MR) is 52.9 cm³/mol. The highest BCUT2D eigenvalue weighted by Gasteiger charge is 2.28. The molecular weight excluding hydrogens is 198 g/mol. The first-order chi connectivity index (χ1) is 7.02. The molecule has 0 spiro atoms. The number of carbonyl (C=O) groups excluding carboxylic acids is 1. The average Bonchev–Trinajstić information content (AvgIpc) is 2.21. The van der Waals surface area contributed by atoms with Gasteiger partial charge >= 0.3 is 0 Å². The summed E-state index contributed by atoms with van der Waals surface area (Å²) in [6.07, 6.45) is 1.17. The lowest BCUT2D eigenvalue weighted by Crippen LogP contribution is -2.22. The van der Waals surface area contributed by atoms with Crippen LogP contribution >= 0.6 is 0 Å². The number of Topliss-reactive ketones (excluding diaryl/α,β-unsaturated/α-hetero) is 1. The van der Waals surface area contributed by atoms with Crippen molar-refractivity contribution in [2.75, 3.05) is 0 Å². The molecule has 0 aromatic heterocycles. The molecule has 1 aliphatic carbocycles. The van der Waals surface area contributed by atoms with E-state index in [0.717, 1.165) is 0 Å². The molecule has 0 N–H and O–H groups in total. The van der Waals surface area contributed by atoms with Gasteiger partial charge in [0.2, 0.25) is 0 Å². The summed E-state index contributed by atoms with van der Waals surface area (Å²) < 4.78 is 26.9. The lowest BCUT2D eigenvalue weighted by atomic mass is 9.82. The van der Waals surface area contributed by atoms with Crippen molar-refractivity contribution in [2.24, 2.45) is 5.92 Å². The quantitative estimate of drug-likeness (QED) is 0.643. The lowest BCUT2D eigenvalue weighted by molar-refractivity contribution is 0.0911. The van der Waals surface area contributed by atoms with E-state index in [1.807, 2.05) is 0 Å². The molecule has 1 aliphatic rings. The standard InChI is InChI=1S/C12H12F2O/c1-6-3-4-8-9(12(6)15)5-10(13)7(2)11(8)14/h5-6H,3-4H2,1-2H3. The van der Waals surface area contributed by atoms with E-state index in [0.29, 0.717) is 18.4 Å². The van der Waals surface area contributed by atoms with Crippen LogP contribution in [0.4, 0.5) is 8.78 Å². The Morgan fingerprint density at radius 3 is 2.73 bits per heavy atom. The van der Waals surface area contributed by atoms with Crippen LogP contribution in [0, 0.1) is 24.5 Å². The van der Waals surface area contributed by atoms with Gasteiger partial charge in [-0.25, -0.2) is 8.78 Å². The van der Waals surface area contributed by atoms with Crippen molar-refractivity contribution in [3.8, 4) is 0 Å². The van der Waals surface area contributed by atoms with E-state index in [9.17, 15) is 13.6 Å². The molecule has 1 unspecified atom stereocenters. The number of carbonyl (C=O) groups is 1. The average molecular weight is 210 g/mol. The highest BCUT2D eigenvalue weighted by Crippen LogP contribution is 2.30. The minimum Gasteiger partial charge on any atom is -0.294 e. The highest BCUT2D eigenvalue weighted by molar-refractivity contribution is 6.00. The van der Waals surface area contributed by atoms with Crippen LogP contribution in [0.25, 0.3) is 0 Å². The largest absolute Gasteiger partial charge is 0.294 e. The summed E-state index contributed by atoms with van der Waals surface area (Å²) >= 11 is 0. The third-order valence-electron chi connectivity index (χ3n) is 3.09. The third kappa shape index (κ3) is 1.46. The number of benzene rings is 1. The van der Waals surface area contributed by atoms with E-state index in [1.165, 1.54) is 13.0 Å². The minimum absolute atomic E-state index is 0.0103. The molecule has 0 radical (unpaired) electrons. The van der Waals surface area contributed by atoms with Crippen LogP contribution in [0.2, 0.25) is 0 Å². The Morgan fingerprint density at radius 2 is 2.07 bits per heavy atom. The first-order valence-corrected chi connectivity index (χ1v) is 5.04. The highest BCUT2D eigenvalue weighted by atomic mass is 19.1. The number of hydrogen-bond acceptors (Lipinski definition) is 1. The number of hydrogen-bond donors (Lipinski definition) is 0. The Kier molecular flexibility index (Phi) is 2.33. The monoisotopic (exact) mass is 210 g/mol. The van der Waals surface area contributed by atoms with Gasteiger partial charge in [-0.15, -0.1) is 0 Å². The van der Waals surface area contributed by atoms with Gasteiger partial charge in [-0.3, -0.25) is 4.79 Å². The molecule has 3 heteroatoms. The third-order valence-corrected chi connectivity index (χ3v) is 3.09. The second-order valence-electron chi connectivity index (χ2n) is 4.13. The zero-order valence-electron chi connectivity index (χ0n) is 8.73. The molecule has 1 aromatic carbocycles. The van der Waals surface area contributed by atoms with Crippen LogP contribution in [0.3, 0.4) is 0 Å². The van der Waals surface area contributed by atoms with E-state index in [4.69, 9.17) is 0 Å². The summed E-state index contributed by atoms with van der Waals surface area (Å²) in [5.74, 6) is -1.45. The summed E-state index contributed by atoms with van der Waals surface area (Å²) in [5, 5.41) is 0. The molecule has 0 aliphatic heterocycles. The molecule has 1 aromatic rings. The molecular formula is C12H12F2O. The van der Waals surface area contributed by atoms with Gasteiger partial charge in [0.05, 0.1) is 0 Å². The molecule has 0 saturated carbocycles. The van der Waals surface area contributed by atoms with Gasteiger partial charge in [-0.05, 0) is 31.4 Å². The van der Waals surface area contributed by atoms with Crippen molar-refractivity contribution in [3.05, 3.63) is 34.4 Å². The maximum atomic E-state index is 13.7. The number of ketones is 1. The summed E-state index contributed by atoms with van der Waals surface area (Å²) in [4.78, 5) is 11.7. The second kappa shape index (κ2) is 3.40. The van der Waals surface area contributed by atoms with Crippen molar-refractivity contribution in [3.63, 3.8) is 0 Å². The Bertz CT molecular complexity index is 438. The van der Waals surface area contributed by atoms with E-state index in [2.05, 4.69) is 0 Å². The molecule has 2 rings (SSSR count). The predicted octanol–water partition coefficient (Wildman–Crippen LogP) is 3.04. The van der Waals surface area contributed by atoms with Gasteiger partial charge < -0.3 is 0 Å². The van der Waals surface area contributed by atoms with E-state index < -0.39 is 11.6 Å². The molecule has 0 heterocycles. The molecule has 0 saturated heterocycles. The SMILES string of the molecule is Cc1c(F)cc2c(c1F)CCC(C)C2=O. The van der Waals surface area contributed by atoms with Crippen LogP contribution in [0.5, 0.6) is 0 Å². The van der Waals surface area contributed by atoms with Gasteiger partial charge in [0.15, 0.2) is 5.78 Å². The maximum Gasteiger partial charge on any atom is 0.166 e. The zero-order chi connectivity index (χ0) is 11.2. The van der Waals surface area contributed by atoms with Crippen molar-refractivity contribution in [2.45, 2.75) is 26.7 Å². The normalized spacial score (nSPS) is 20.3. The van der Waals surface area contributed by atoms with Crippen molar-refractivity contribution >= 4 is 5.78 Å². The maximum absolute atomic E-state index is 13.7. The lowest BCUT2D eigenvalue weighted by Gasteiger charge is -2.21. The fraction of sp³-hybridized carbons (Fsp3) is 0.417. The topological polar surface area (TPSA) is 17.1 Å². The molecule has 0 bridgehead atoms. The first kappa shape index (κ1) is 10.3. The summed E-state index contributed by atoms with van der Waals surface area (Å²) in [5.41, 5.74) is 0.627. The number of fused-ring (bicyclic) bond motifs is 1. The first-order valence-electron chi connectivity index (χ1n) is 5.04. The molecule has 1 nitrogen and oxygen atoms in total. The van der Waals surface area contributed by atoms with Gasteiger partial charge in [0, 0.05) is 17.0 Å². The van der Waals surface area contributed by atoms with Crippen molar-refractivity contribution < 1.29 is 13.6 Å². The Labute approximate surface area is 87.1 Å². The molecule has 0 fully saturated rings. The van der Waals surface area contributed by atoms with Gasteiger partial charge in [-0.1, -0.05) is 6.92 Å². The number of rotatable bonds is 0. The van der Waals surface area contributed by atoms with E-state index in [-0.39, 0.29) is 22.8 Å². The fourth-order valence-electron chi connectivity index (χ4n) is 1.99. The minimum atomic E-state index is -0.631. The number of halogens is 2. The smallest absolute Gasteiger partial charge is 0.166 e. The summed E-state index contributed by atoms with van der Waals surface area (Å²) in [7, 11) is 0. The van der Waals surface area contributed by atoms with Crippen LogP contribution in [0.1, 0.15) is 34.8 Å². The molecule has 15 heavy (non-hydrogen) atoms.